The number of aromatic amines is 2. The van der Waals surface area contributed by atoms with E-state index in [0.717, 1.165) is 24.2 Å². The molecule has 4 aromatic carbocycles. The Hall–Kier alpha value is -11.9. The van der Waals surface area contributed by atoms with Crippen molar-refractivity contribution < 1.29 is 154 Å². The topological polar surface area (TPSA) is 716 Å². The third kappa shape index (κ3) is 34.5. The fraction of sp³-hybridized carbons (Fsp3) is 0.442. The van der Waals surface area contributed by atoms with Crippen LogP contribution in [-0.4, -0.2) is 330 Å². The van der Waals surface area contributed by atoms with Crippen LogP contribution in [0.3, 0.4) is 0 Å². The molecule has 0 aliphatic carbocycles. The average Bonchev–Trinajstić information content (AvgIpc) is 0.913. The van der Waals surface area contributed by atoms with Crippen LogP contribution in [0, 0.1) is 41.5 Å². The van der Waals surface area contributed by atoms with E-state index in [4.69, 9.17) is 0 Å². The van der Waals surface area contributed by atoms with Gasteiger partial charge >= 0.3 is 23.9 Å². The molecule has 0 spiro atoms. The van der Waals surface area contributed by atoms with E-state index >= 15 is 0 Å². The van der Waals surface area contributed by atoms with E-state index in [0.29, 0.717) is 45.3 Å². The van der Waals surface area contributed by atoms with Gasteiger partial charge in [0.05, 0.1) is 69.7 Å². The zero-order valence-corrected chi connectivity index (χ0v) is 83.6. The number of imidazole rings is 2. The van der Waals surface area contributed by atoms with Crippen LogP contribution in [-0.2, 0) is 137 Å². The Morgan fingerprint density at radius 3 is 1.20 bits per heavy atom. The number of nitrogens with one attached hydrogen (secondary N) is 13. The summed E-state index contributed by atoms with van der Waals surface area (Å²) in [6.45, 7) is 5.53. The fourth-order valence-electron chi connectivity index (χ4n) is 15.9. The number of carbonyl (C=O) groups is 12. The van der Waals surface area contributed by atoms with Gasteiger partial charge in [0.2, 0.25) is 60.4 Å². The summed E-state index contributed by atoms with van der Waals surface area (Å²) >= 11 is 0. The number of hydrogen-bond acceptors (Lipinski definition) is 31. The van der Waals surface area contributed by atoms with Crippen molar-refractivity contribution in [3.05, 3.63) is 174 Å². The first-order valence-electron chi connectivity index (χ1n) is 43.6. The van der Waals surface area contributed by atoms with E-state index in [2.05, 4.69) is 77.2 Å². The van der Waals surface area contributed by atoms with Crippen molar-refractivity contribution in [2.75, 3.05) is 127 Å². The molecule has 0 bridgehead atoms. The number of aryl methyl sites for hydroxylation is 8. The Bertz CT molecular complexity index is 6290. The van der Waals surface area contributed by atoms with Crippen LogP contribution in [0.4, 0.5) is 11.9 Å². The molecule has 21 N–H and O–H groups in total. The van der Waals surface area contributed by atoms with Gasteiger partial charge in [-0.3, -0.25) is 91.3 Å². The summed E-state index contributed by atoms with van der Waals surface area (Å²) in [7, 11) is -18.9. The first-order chi connectivity index (χ1) is 65.4. The number of ketones is 1. The Kier molecular flexibility index (Phi) is 41.7. The van der Waals surface area contributed by atoms with E-state index in [1.54, 1.807) is 88.6 Å². The quantitative estimate of drug-likeness (QED) is 0.0164. The smallest absolute Gasteiger partial charge is 0.323 e. The number of hydrogen-bond donors (Lipinski definition) is 21. The van der Waals surface area contributed by atoms with Crippen LogP contribution >= 0.6 is 10.9 Å². The van der Waals surface area contributed by atoms with Crippen molar-refractivity contribution in [3.63, 3.8) is 0 Å². The van der Waals surface area contributed by atoms with E-state index in [-0.39, 0.29) is 162 Å². The number of amides is 7. The van der Waals surface area contributed by atoms with Gasteiger partial charge in [0, 0.05) is 192 Å². The molecule has 1 radical (unpaired) electrons. The zero-order valence-electron chi connectivity index (χ0n) is 77.5. The SMILES string of the molecule is CC(=O)[C@H](CNC(=O)c1cn(CCCNC(=O)[C@H](CS(=O)(=O)O)NC(=O)[C@H](CCC(=O)N[C@@H](CS(O)(O)O)C(=O)NCCCn2cc(C(=O)NC[C@H](NS(=O)(=O)c3c(C)cc(C)cc3C)C(=O)O)c(=O)c3ccc(CNc4ncc[nH]4)cc32)NC(=O)CN2CCN(CC(=O)O)CCN(CC(=O)O)CCN(CC(=O)O)CC2)c2cc(CNc3ncc[nH]3)ccc2c1=O)NS(=O)(=O)c1c(C)cc(C)cc1C.[Y]. The molecule has 4 aromatic heterocycles. The zero-order chi connectivity index (χ0) is 102. The van der Waals surface area contributed by atoms with Crippen molar-refractivity contribution in [2.45, 2.75) is 140 Å². The summed E-state index contributed by atoms with van der Waals surface area (Å²) in [5.74, 6) is -16.6. The predicted molar refractivity (Wildman–Crippen MR) is 506 cm³/mol. The summed E-state index contributed by atoms with van der Waals surface area (Å²) in [4.78, 5) is 211. The van der Waals surface area contributed by atoms with E-state index < -0.39 is 234 Å². The standard InChI is InChI=1S/C86H115N21O28S4.Y/c1-50-32-52(3)77(53(4)33-50)138(132,133)100-64(56(7)108)40-93-79(119)61-42-106(68-36-57(10-12-59(68)75(61)117)38-95-85-89-18-19-90-85)23-9-17-88-82(122)67(49-137(129,130)131)99-83(123)63(97-71(110)44-102-24-26-103(45-72(111)112)28-30-105(47-74(115)116)31-29-104(27-25-102)46-73(113)114)14-15-70(109)98-66(48-136(126,127)128)81(121)87-16-8-22-107-43-62(76(118)60-13-11-58(37-69(60)107)39-96-86-91-20-21-92-86)80(120)94-41-65(84(124)125)101-139(134,135)78-54(5)34-51(2)35-55(78)6;/h10-13,18-21,32-37,42-43,63-67,100-101,126-128H,8-9,14-17,22-31,38-41,44-49H2,1-7H3,(H,87,121)(H,88,122)(H,93,119)(H,94,120)(H,97,110)(H,98,109)(H,99,123)(H,111,112)(H,113,114)(H,115,116)(H,124,125)(H2,89,90,95)(H2,91,92,96)(H,129,130,131);/t63-,64-,65-,66-,67-;/m0./s1. The van der Waals surface area contributed by atoms with Crippen molar-refractivity contribution in [1.29, 1.82) is 0 Å². The number of benzene rings is 4. The molecular weight excluding hydrogens is 1990 g/mol. The molecule has 49 nitrogen and oxygen atoms in total. The molecule has 1 saturated heterocycles. The van der Waals surface area contributed by atoms with Gasteiger partial charge in [-0.1, -0.05) is 47.5 Å². The molecule has 140 heavy (non-hydrogen) atoms. The normalized spacial score (nSPS) is 14.7. The van der Waals surface area contributed by atoms with Crippen LogP contribution in [0.5, 0.6) is 0 Å². The summed E-state index contributed by atoms with van der Waals surface area (Å²) in [6.07, 6.45) is 6.39. The summed E-state index contributed by atoms with van der Waals surface area (Å²) < 4.78 is 130. The number of Topliss-reactive ketones (excluding diaryl/α,β-unsaturated/α-hetero) is 1. The first kappa shape index (κ1) is 113. The van der Waals surface area contributed by atoms with Gasteiger partial charge in [-0.15, -0.1) is 0 Å². The number of fused-ring (bicyclic) bond motifs is 2. The number of carboxylic acid groups (broad SMARTS) is 4. The number of sulfonamides is 2. The molecule has 7 amide bonds. The van der Waals surface area contributed by atoms with Crippen LogP contribution in [0.25, 0.3) is 21.8 Å². The summed E-state index contributed by atoms with van der Waals surface area (Å²) in [5.41, 5.74) is 1.85. The molecule has 0 unspecified atom stereocenters. The Morgan fingerprint density at radius 2 is 0.836 bits per heavy atom. The molecule has 1 aliphatic rings. The molecule has 5 heterocycles. The number of carbonyl (C=O) groups excluding carboxylic acids is 8. The fourth-order valence-corrected chi connectivity index (χ4v) is 20.5. The van der Waals surface area contributed by atoms with Crippen molar-refractivity contribution >= 4 is 146 Å². The third-order valence-corrected chi connectivity index (χ3v) is 27.3. The number of aliphatic carboxylic acids is 4. The molecule has 1 aliphatic heterocycles. The van der Waals surface area contributed by atoms with Crippen LogP contribution < -0.4 is 68.2 Å². The summed E-state index contributed by atoms with van der Waals surface area (Å²) in [5, 5.41) is 62.4. The van der Waals surface area contributed by atoms with E-state index in [1.807, 2.05) is 0 Å². The van der Waals surface area contributed by atoms with Gasteiger partial charge in [-0.2, -0.15) is 17.9 Å². The number of nitrogens with zero attached hydrogens (tertiary/aromatic N) is 8. The van der Waals surface area contributed by atoms with Gasteiger partial charge in [0.1, 0.15) is 46.8 Å². The molecule has 9 rings (SSSR count). The Morgan fingerprint density at radius 1 is 0.457 bits per heavy atom. The minimum Gasteiger partial charge on any atom is -0.480 e. The third-order valence-electron chi connectivity index (χ3n) is 22.2. The number of H-pyrrole nitrogens is 2. The number of carboxylic acids is 4. The molecule has 5 atom stereocenters. The van der Waals surface area contributed by atoms with Gasteiger partial charge in [-0.05, 0) is 125 Å². The molecular formula is C86H115N21O28S4Y. The van der Waals surface area contributed by atoms with Crippen LogP contribution in [0.15, 0.2) is 117 Å². The number of pyridine rings is 2. The predicted octanol–water partition coefficient (Wildman–Crippen LogP) is -0.804. The second-order valence-electron chi connectivity index (χ2n) is 33.6. The summed E-state index contributed by atoms with van der Waals surface area (Å²) in [6, 6.07) is 5.83. The van der Waals surface area contributed by atoms with E-state index in [9.17, 15) is 131 Å². The van der Waals surface area contributed by atoms with Gasteiger partial charge in [0.25, 0.3) is 21.9 Å². The first-order valence-corrected chi connectivity index (χ1v) is 49.9. The minimum atomic E-state index is -5.28. The largest absolute Gasteiger partial charge is 0.480 e. The van der Waals surface area contributed by atoms with Crippen molar-refractivity contribution in [2.24, 2.45) is 0 Å². The molecule has 1 fully saturated rings. The number of aromatic nitrogens is 6. The molecule has 0 saturated carbocycles. The van der Waals surface area contributed by atoms with Gasteiger partial charge in [0.15, 0.2) is 11.9 Å². The maximum atomic E-state index is 14.9. The maximum Gasteiger partial charge on any atom is 0.323 e. The molecule has 54 heteroatoms. The maximum absolute atomic E-state index is 14.9. The van der Waals surface area contributed by atoms with Crippen molar-refractivity contribution in [1.82, 2.24) is 95.3 Å². The Balaban J connectivity index is 0.0000240. The Labute approximate surface area is 830 Å². The monoisotopic (exact) mass is 2110 g/mol. The van der Waals surface area contributed by atoms with Gasteiger partial charge in [-0.25, -0.2) is 26.8 Å². The number of anilines is 2. The average molecular weight is 2110 g/mol. The van der Waals surface area contributed by atoms with Crippen molar-refractivity contribution in [3.8, 4) is 0 Å². The minimum absolute atomic E-state index is 0. The molecule has 8 aromatic rings. The second kappa shape index (κ2) is 51.5. The molecule has 759 valence electrons. The van der Waals surface area contributed by atoms with Crippen LogP contribution in [0.2, 0.25) is 0 Å². The number of rotatable bonds is 49. The van der Waals surface area contributed by atoms with E-state index in [1.165, 1.54) is 73.3 Å². The second-order valence-corrected chi connectivity index (χ2v) is 39.9. The van der Waals surface area contributed by atoms with Gasteiger partial charge < -0.3 is 101 Å². The van der Waals surface area contributed by atoms with Crippen LogP contribution in [0.1, 0.15) is 97.8 Å².